The summed E-state index contributed by atoms with van der Waals surface area (Å²) in [6, 6.07) is 23.4. The van der Waals surface area contributed by atoms with Crippen LogP contribution in [0.3, 0.4) is 0 Å². The van der Waals surface area contributed by atoms with Crippen LogP contribution in [0, 0.1) is 25.2 Å². The molecule has 0 radical (unpaired) electrons. The second-order valence-electron chi connectivity index (χ2n) is 10.2. The van der Waals surface area contributed by atoms with Crippen molar-refractivity contribution in [2.45, 2.75) is 40.0 Å². The van der Waals surface area contributed by atoms with Crippen molar-refractivity contribution in [1.29, 1.82) is 5.26 Å². The zero-order chi connectivity index (χ0) is 24.2. The Hall–Kier alpha value is -3.90. The monoisotopic (exact) mass is 445 g/mol. The Labute approximate surface area is 200 Å². The van der Waals surface area contributed by atoms with Crippen LogP contribution in [0.4, 0.5) is 0 Å². The summed E-state index contributed by atoms with van der Waals surface area (Å²) in [5.41, 5.74) is 9.97. The molecule has 2 aromatic heterocycles. The minimum Gasteiger partial charge on any atom is -0.454 e. The molecule has 0 saturated carbocycles. The van der Waals surface area contributed by atoms with Gasteiger partial charge in [-0.25, -0.2) is 4.57 Å². The van der Waals surface area contributed by atoms with Crippen LogP contribution in [0.5, 0.6) is 0 Å². The number of pyridine rings is 1. The van der Waals surface area contributed by atoms with E-state index < -0.39 is 0 Å². The second-order valence-corrected chi connectivity index (χ2v) is 10.2. The number of rotatable bonds is 2. The number of aromatic nitrogens is 1. The van der Waals surface area contributed by atoms with Gasteiger partial charge in [-0.1, -0.05) is 57.2 Å². The van der Waals surface area contributed by atoms with Gasteiger partial charge in [0, 0.05) is 28.0 Å². The van der Waals surface area contributed by atoms with E-state index >= 15 is 0 Å². The molecule has 0 unspecified atom stereocenters. The van der Waals surface area contributed by atoms with Crippen molar-refractivity contribution < 1.29 is 8.98 Å². The lowest BCUT2D eigenvalue weighted by Crippen LogP contribution is -2.31. The van der Waals surface area contributed by atoms with Gasteiger partial charge >= 0.3 is 0 Å². The smallest absolute Gasteiger partial charge is 0.216 e. The Kier molecular flexibility index (Phi) is 5.06. The van der Waals surface area contributed by atoms with Crippen molar-refractivity contribution >= 4 is 21.9 Å². The first-order valence-corrected chi connectivity index (χ1v) is 11.7. The summed E-state index contributed by atoms with van der Waals surface area (Å²) < 4.78 is 8.82. The van der Waals surface area contributed by atoms with E-state index in [-0.39, 0.29) is 5.41 Å². The van der Waals surface area contributed by atoms with Crippen LogP contribution < -0.4 is 4.57 Å². The molecule has 0 N–H and O–H groups in total. The molecule has 0 saturated heterocycles. The number of hydrogen-bond donors (Lipinski definition) is 0. The molecule has 2 heterocycles. The zero-order valence-electron chi connectivity index (χ0n) is 20.7. The largest absolute Gasteiger partial charge is 0.454 e. The van der Waals surface area contributed by atoms with E-state index in [0.29, 0.717) is 5.56 Å². The average molecular weight is 446 g/mol. The maximum absolute atomic E-state index is 9.94. The number of nitrogens with zero attached hydrogens (tertiary/aromatic N) is 2. The lowest BCUT2D eigenvalue weighted by Gasteiger charge is -2.19. The van der Waals surface area contributed by atoms with Gasteiger partial charge in [0.1, 0.15) is 18.2 Å². The van der Waals surface area contributed by atoms with E-state index in [2.05, 4.69) is 107 Å². The standard InChI is InChI=1S/C31H29N2O/c1-19-7-16-26(33(6)18-19)27-20(2)8-14-24-25-15-11-22(17-32)28(30(25)34-29(24)27)21-9-12-23(13-10-21)31(3,4)5/h7-16,18H,1-6H3/q+1. The van der Waals surface area contributed by atoms with Gasteiger partial charge in [-0.05, 0) is 54.2 Å². The molecule has 0 aliphatic heterocycles. The van der Waals surface area contributed by atoms with E-state index in [1.54, 1.807) is 0 Å². The van der Waals surface area contributed by atoms with Crippen molar-refractivity contribution in [2.24, 2.45) is 7.05 Å². The molecule has 0 fully saturated rings. The van der Waals surface area contributed by atoms with Crippen LogP contribution in [0.15, 0.2) is 71.3 Å². The molecular formula is C31H29N2O+. The Morgan fingerprint density at radius 1 is 0.794 bits per heavy atom. The first kappa shape index (κ1) is 21.9. The van der Waals surface area contributed by atoms with Gasteiger partial charge in [0.25, 0.3) is 0 Å². The average Bonchev–Trinajstić information content (AvgIpc) is 3.17. The molecule has 3 heteroatoms. The molecule has 168 valence electrons. The number of aryl methyl sites for hydroxylation is 3. The van der Waals surface area contributed by atoms with Gasteiger partial charge in [-0.3, -0.25) is 0 Å². The van der Waals surface area contributed by atoms with Crippen molar-refractivity contribution in [1.82, 2.24) is 0 Å². The highest BCUT2D eigenvalue weighted by Gasteiger charge is 2.23. The number of furan rings is 1. The number of fused-ring (bicyclic) bond motifs is 3. The molecule has 0 aliphatic carbocycles. The van der Waals surface area contributed by atoms with E-state index in [1.807, 2.05) is 12.1 Å². The summed E-state index contributed by atoms with van der Waals surface area (Å²) >= 11 is 0. The molecular weight excluding hydrogens is 416 g/mol. The quantitative estimate of drug-likeness (QED) is 0.264. The van der Waals surface area contributed by atoms with Crippen LogP contribution >= 0.6 is 0 Å². The van der Waals surface area contributed by atoms with Crippen molar-refractivity contribution in [3.63, 3.8) is 0 Å². The first-order chi connectivity index (χ1) is 16.2. The third-order valence-electron chi connectivity index (χ3n) is 6.72. The van der Waals surface area contributed by atoms with Crippen molar-refractivity contribution in [2.75, 3.05) is 0 Å². The van der Waals surface area contributed by atoms with Crippen molar-refractivity contribution in [3.8, 4) is 28.5 Å². The summed E-state index contributed by atoms with van der Waals surface area (Å²) in [7, 11) is 2.07. The lowest BCUT2D eigenvalue weighted by molar-refractivity contribution is -0.660. The summed E-state index contributed by atoms with van der Waals surface area (Å²) in [6.07, 6.45) is 2.13. The van der Waals surface area contributed by atoms with Crippen LogP contribution in [-0.4, -0.2) is 0 Å². The fourth-order valence-corrected chi connectivity index (χ4v) is 4.84. The number of benzene rings is 3. The highest BCUT2D eigenvalue weighted by Crippen LogP contribution is 2.42. The Balaban J connectivity index is 1.83. The first-order valence-electron chi connectivity index (χ1n) is 11.7. The Morgan fingerprint density at radius 3 is 2.06 bits per heavy atom. The number of nitriles is 1. The highest BCUT2D eigenvalue weighted by atomic mass is 16.3. The fraction of sp³-hybridized carbons (Fsp3) is 0.226. The van der Waals surface area contributed by atoms with Gasteiger partial charge in [0.2, 0.25) is 5.69 Å². The Bertz CT molecular complexity index is 1610. The molecule has 0 aliphatic rings. The molecule has 0 atom stereocenters. The SMILES string of the molecule is Cc1ccc(-c2c(C)ccc3c2oc2c(-c4ccc(C(C)(C)C)cc4)c(C#N)ccc23)[n+](C)c1. The molecule has 3 nitrogen and oxygen atoms in total. The topological polar surface area (TPSA) is 40.8 Å². The Morgan fingerprint density at radius 2 is 1.44 bits per heavy atom. The minimum atomic E-state index is 0.0674. The molecule has 3 aromatic carbocycles. The maximum atomic E-state index is 9.94. The normalized spacial score (nSPS) is 11.8. The maximum Gasteiger partial charge on any atom is 0.216 e. The van der Waals surface area contributed by atoms with Crippen LogP contribution in [0.1, 0.15) is 43.0 Å². The van der Waals surface area contributed by atoms with Crippen molar-refractivity contribution in [3.05, 3.63) is 89.1 Å². The molecule has 0 amide bonds. The molecule has 34 heavy (non-hydrogen) atoms. The summed E-state index contributed by atoms with van der Waals surface area (Å²) in [4.78, 5) is 0. The predicted molar refractivity (Wildman–Crippen MR) is 139 cm³/mol. The van der Waals surface area contributed by atoms with E-state index in [0.717, 1.165) is 49.9 Å². The fourth-order valence-electron chi connectivity index (χ4n) is 4.84. The molecule has 0 spiro atoms. The summed E-state index contributed by atoms with van der Waals surface area (Å²) in [5.74, 6) is 0. The second kappa shape index (κ2) is 7.85. The van der Waals surface area contributed by atoms with E-state index in [9.17, 15) is 5.26 Å². The van der Waals surface area contributed by atoms with Gasteiger partial charge in [-0.2, -0.15) is 5.26 Å². The van der Waals surface area contributed by atoms with E-state index in [1.165, 1.54) is 11.1 Å². The minimum absolute atomic E-state index is 0.0674. The lowest BCUT2D eigenvalue weighted by atomic mass is 9.86. The van der Waals surface area contributed by atoms with Crippen LogP contribution in [0.2, 0.25) is 0 Å². The van der Waals surface area contributed by atoms with Crippen LogP contribution in [-0.2, 0) is 12.5 Å². The van der Waals surface area contributed by atoms with E-state index in [4.69, 9.17) is 4.42 Å². The molecule has 0 bridgehead atoms. The molecule has 5 aromatic rings. The number of hydrogen-bond acceptors (Lipinski definition) is 2. The highest BCUT2D eigenvalue weighted by molar-refractivity contribution is 6.14. The summed E-state index contributed by atoms with van der Waals surface area (Å²) in [6.45, 7) is 10.8. The summed E-state index contributed by atoms with van der Waals surface area (Å²) in [5, 5.41) is 12.0. The van der Waals surface area contributed by atoms with Gasteiger partial charge < -0.3 is 4.42 Å². The molecule has 5 rings (SSSR count). The van der Waals surface area contributed by atoms with Gasteiger partial charge in [-0.15, -0.1) is 0 Å². The third-order valence-corrected chi connectivity index (χ3v) is 6.72. The van der Waals surface area contributed by atoms with Crippen LogP contribution in [0.25, 0.3) is 44.3 Å². The zero-order valence-corrected chi connectivity index (χ0v) is 20.7. The van der Waals surface area contributed by atoms with Gasteiger partial charge in [0.15, 0.2) is 6.20 Å². The third kappa shape index (κ3) is 3.47. The van der Waals surface area contributed by atoms with Gasteiger partial charge in [0.05, 0.1) is 17.2 Å². The predicted octanol–water partition coefficient (Wildman–Crippen LogP) is 7.53.